The van der Waals surface area contributed by atoms with E-state index < -0.39 is 10.0 Å². The first-order valence-electron chi connectivity index (χ1n) is 5.88. The maximum absolute atomic E-state index is 12.0. The second-order valence-corrected chi connectivity index (χ2v) is 6.16. The number of anilines is 1. The Bertz CT molecular complexity index is 474. The van der Waals surface area contributed by atoms with E-state index in [2.05, 4.69) is 29.0 Å². The van der Waals surface area contributed by atoms with E-state index in [1.807, 2.05) is 0 Å². The van der Waals surface area contributed by atoms with Crippen molar-refractivity contribution < 1.29 is 8.42 Å². The van der Waals surface area contributed by atoms with E-state index in [9.17, 15) is 8.42 Å². The summed E-state index contributed by atoms with van der Waals surface area (Å²) in [6, 6.07) is 3.02. The van der Waals surface area contributed by atoms with Crippen LogP contribution in [0.4, 0.5) is 5.82 Å². The van der Waals surface area contributed by atoms with E-state index in [1.54, 1.807) is 6.07 Å². The minimum Gasteiger partial charge on any atom is -0.307 e. The van der Waals surface area contributed by atoms with Gasteiger partial charge in [-0.2, -0.15) is 0 Å². The molecule has 0 aliphatic heterocycles. The van der Waals surface area contributed by atoms with Gasteiger partial charge < -0.3 is 5.43 Å². The fourth-order valence-corrected chi connectivity index (χ4v) is 2.70. The first kappa shape index (κ1) is 14.9. The third kappa shape index (κ3) is 4.25. The van der Waals surface area contributed by atoms with Gasteiger partial charge in [-0.15, -0.1) is 0 Å². The van der Waals surface area contributed by atoms with Crippen LogP contribution in [0, 0.1) is 5.92 Å². The van der Waals surface area contributed by atoms with Gasteiger partial charge >= 0.3 is 0 Å². The Labute approximate surface area is 108 Å². The van der Waals surface area contributed by atoms with Gasteiger partial charge in [0, 0.05) is 12.7 Å². The molecule has 0 fully saturated rings. The summed E-state index contributed by atoms with van der Waals surface area (Å²) >= 11 is 0. The average molecular weight is 272 g/mol. The first-order chi connectivity index (χ1) is 8.47. The highest BCUT2D eigenvalue weighted by atomic mass is 32.2. The topological polar surface area (TPSA) is 97.1 Å². The van der Waals surface area contributed by atoms with Gasteiger partial charge in [-0.05, 0) is 30.9 Å². The summed E-state index contributed by atoms with van der Waals surface area (Å²) in [5.74, 6) is 5.95. The van der Waals surface area contributed by atoms with Crippen molar-refractivity contribution in [1.29, 1.82) is 0 Å². The summed E-state index contributed by atoms with van der Waals surface area (Å²) in [7, 11) is -3.56. The zero-order chi connectivity index (χ0) is 13.6. The molecule has 6 nitrogen and oxygen atoms in total. The smallest absolute Gasteiger partial charge is 0.244 e. The summed E-state index contributed by atoms with van der Waals surface area (Å²) < 4.78 is 26.6. The third-order valence-corrected chi connectivity index (χ3v) is 3.94. The van der Waals surface area contributed by atoms with Crippen molar-refractivity contribution in [2.24, 2.45) is 11.8 Å². The SMILES string of the molecule is CC(C)CCCNS(=O)(=O)c1cccnc1NN. The van der Waals surface area contributed by atoms with E-state index >= 15 is 0 Å². The minimum atomic E-state index is -3.56. The molecular weight excluding hydrogens is 252 g/mol. The molecule has 7 heteroatoms. The number of hydrogen-bond donors (Lipinski definition) is 3. The molecule has 0 bridgehead atoms. The van der Waals surface area contributed by atoms with Crippen LogP contribution in [0.5, 0.6) is 0 Å². The lowest BCUT2D eigenvalue weighted by Crippen LogP contribution is -2.27. The van der Waals surface area contributed by atoms with Gasteiger partial charge in [-0.25, -0.2) is 24.0 Å². The molecule has 4 N–H and O–H groups in total. The largest absolute Gasteiger partial charge is 0.307 e. The Kier molecular flexibility index (Phi) is 5.52. The fourth-order valence-electron chi connectivity index (χ4n) is 1.51. The Balaban J connectivity index is 2.68. The van der Waals surface area contributed by atoms with Gasteiger partial charge in [-0.1, -0.05) is 13.8 Å². The van der Waals surface area contributed by atoms with Crippen molar-refractivity contribution in [1.82, 2.24) is 9.71 Å². The predicted molar refractivity (Wildman–Crippen MR) is 71.3 cm³/mol. The molecule has 1 heterocycles. The predicted octanol–water partition coefficient (Wildman–Crippen LogP) is 1.08. The standard InChI is InChI=1S/C11H20N4O2S/c1-9(2)5-3-8-14-18(16,17)10-6-4-7-13-11(10)15-12/h4,6-7,9,14H,3,5,8,12H2,1-2H3,(H,13,15). The second-order valence-electron chi connectivity index (χ2n) is 4.43. The molecule has 1 aromatic rings. The van der Waals surface area contributed by atoms with E-state index in [-0.39, 0.29) is 10.7 Å². The first-order valence-corrected chi connectivity index (χ1v) is 7.37. The zero-order valence-electron chi connectivity index (χ0n) is 10.7. The Morgan fingerprint density at radius 3 is 2.78 bits per heavy atom. The Morgan fingerprint density at radius 1 is 1.44 bits per heavy atom. The number of nitrogens with one attached hydrogen (secondary N) is 2. The molecule has 1 aromatic heterocycles. The van der Waals surface area contributed by atoms with Crippen LogP contribution >= 0.6 is 0 Å². The van der Waals surface area contributed by atoms with Crippen LogP contribution in [-0.4, -0.2) is 19.9 Å². The number of hydrogen-bond acceptors (Lipinski definition) is 5. The highest BCUT2D eigenvalue weighted by Gasteiger charge is 2.18. The summed E-state index contributed by atoms with van der Waals surface area (Å²) in [5.41, 5.74) is 2.28. The van der Waals surface area contributed by atoms with Crippen molar-refractivity contribution in [3.63, 3.8) is 0 Å². The Hall–Kier alpha value is -1.18. The highest BCUT2D eigenvalue weighted by molar-refractivity contribution is 7.89. The molecule has 0 atom stereocenters. The van der Waals surface area contributed by atoms with Crippen LogP contribution < -0.4 is 16.0 Å². The van der Waals surface area contributed by atoms with E-state index in [0.717, 1.165) is 12.8 Å². The fraction of sp³-hybridized carbons (Fsp3) is 0.545. The molecule has 0 radical (unpaired) electrons. The lowest BCUT2D eigenvalue weighted by Gasteiger charge is -2.10. The maximum Gasteiger partial charge on any atom is 0.244 e. The van der Waals surface area contributed by atoms with Gasteiger partial charge in [-0.3, -0.25) is 0 Å². The molecule has 102 valence electrons. The number of sulfonamides is 1. The van der Waals surface area contributed by atoms with Gasteiger partial charge in [0.15, 0.2) is 5.82 Å². The van der Waals surface area contributed by atoms with Gasteiger partial charge in [0.1, 0.15) is 4.90 Å². The number of aromatic nitrogens is 1. The van der Waals surface area contributed by atoms with Crippen molar-refractivity contribution in [3.05, 3.63) is 18.3 Å². The van der Waals surface area contributed by atoms with E-state index in [4.69, 9.17) is 5.84 Å². The van der Waals surface area contributed by atoms with Gasteiger partial charge in [0.05, 0.1) is 0 Å². The van der Waals surface area contributed by atoms with E-state index in [1.165, 1.54) is 12.3 Å². The number of rotatable bonds is 7. The molecule has 0 spiro atoms. The highest BCUT2D eigenvalue weighted by Crippen LogP contribution is 2.16. The van der Waals surface area contributed by atoms with Crippen LogP contribution in [0.3, 0.4) is 0 Å². The second kappa shape index (κ2) is 6.67. The van der Waals surface area contributed by atoms with Gasteiger partial charge in [0.2, 0.25) is 10.0 Å². The quantitative estimate of drug-likeness (QED) is 0.392. The molecule has 0 aromatic carbocycles. The van der Waals surface area contributed by atoms with Crippen molar-refractivity contribution in [2.45, 2.75) is 31.6 Å². The van der Waals surface area contributed by atoms with Crippen LogP contribution in [0.1, 0.15) is 26.7 Å². The Morgan fingerprint density at radius 2 is 2.17 bits per heavy atom. The van der Waals surface area contributed by atoms with Crippen molar-refractivity contribution in [2.75, 3.05) is 12.0 Å². The van der Waals surface area contributed by atoms with E-state index in [0.29, 0.717) is 12.5 Å². The third-order valence-electron chi connectivity index (χ3n) is 2.45. The molecular formula is C11H20N4O2S. The molecule has 0 aliphatic carbocycles. The molecule has 0 saturated carbocycles. The number of pyridine rings is 1. The molecule has 0 aliphatic rings. The van der Waals surface area contributed by atoms with Crippen molar-refractivity contribution in [3.8, 4) is 0 Å². The van der Waals surface area contributed by atoms with Crippen LogP contribution in [0.15, 0.2) is 23.2 Å². The van der Waals surface area contributed by atoms with Crippen molar-refractivity contribution >= 4 is 15.8 Å². The number of nitrogen functional groups attached to an aromatic ring is 1. The summed E-state index contributed by atoms with van der Waals surface area (Å²) in [4.78, 5) is 3.93. The lowest BCUT2D eigenvalue weighted by molar-refractivity contribution is 0.540. The zero-order valence-corrected chi connectivity index (χ0v) is 11.5. The number of nitrogens with two attached hydrogens (primary N) is 1. The minimum absolute atomic E-state index is 0.0667. The van der Waals surface area contributed by atoms with Gasteiger partial charge in [0.25, 0.3) is 0 Å². The normalized spacial score (nSPS) is 11.8. The molecule has 0 saturated heterocycles. The summed E-state index contributed by atoms with van der Waals surface area (Å²) in [5, 5.41) is 0. The van der Waals surface area contributed by atoms with Crippen LogP contribution in [0.25, 0.3) is 0 Å². The average Bonchev–Trinajstić information content (AvgIpc) is 2.34. The molecule has 0 unspecified atom stereocenters. The molecule has 1 rings (SSSR count). The summed E-state index contributed by atoms with van der Waals surface area (Å²) in [6.07, 6.45) is 3.27. The van der Waals surface area contributed by atoms with Crippen LogP contribution in [0.2, 0.25) is 0 Å². The number of hydrazine groups is 1. The monoisotopic (exact) mass is 272 g/mol. The number of nitrogens with zero attached hydrogens (tertiary/aromatic N) is 1. The maximum atomic E-state index is 12.0. The molecule has 18 heavy (non-hydrogen) atoms. The lowest BCUT2D eigenvalue weighted by atomic mass is 10.1. The summed E-state index contributed by atoms with van der Waals surface area (Å²) in [6.45, 7) is 4.62. The van der Waals surface area contributed by atoms with Crippen LogP contribution in [-0.2, 0) is 10.0 Å². The molecule has 0 amide bonds.